The number of Topliss-reactive ketones (excluding diaryl/α,β-unsaturated/α-hetero) is 1. The fourth-order valence-corrected chi connectivity index (χ4v) is 2.24. The van der Waals surface area contributed by atoms with Gasteiger partial charge in [-0.25, -0.2) is 0 Å². The van der Waals surface area contributed by atoms with Crippen LogP contribution in [0.3, 0.4) is 0 Å². The van der Waals surface area contributed by atoms with Gasteiger partial charge in [-0.2, -0.15) is 5.26 Å². The summed E-state index contributed by atoms with van der Waals surface area (Å²) in [5, 5.41) is 8.80. The highest BCUT2D eigenvalue weighted by Gasteiger charge is 2.15. The van der Waals surface area contributed by atoms with Crippen molar-refractivity contribution in [3.63, 3.8) is 0 Å². The lowest BCUT2D eigenvalue weighted by atomic mass is 10.1. The Labute approximate surface area is 112 Å². The van der Waals surface area contributed by atoms with E-state index in [4.69, 9.17) is 11.0 Å². The summed E-state index contributed by atoms with van der Waals surface area (Å²) in [7, 11) is 0. The fraction of sp³-hybridized carbons (Fsp3) is 0.200. The van der Waals surface area contributed by atoms with Crippen LogP contribution in [0.4, 0.5) is 0 Å². The third-order valence-corrected chi connectivity index (χ3v) is 3.17. The normalized spacial score (nSPS) is 10.2. The number of nitrogens with zero attached hydrogens (tertiary/aromatic N) is 2. The van der Waals surface area contributed by atoms with Crippen LogP contribution in [0.15, 0.2) is 30.3 Å². The van der Waals surface area contributed by atoms with Crippen molar-refractivity contribution in [2.45, 2.75) is 13.8 Å². The standard InChI is InChI=1S/C15H15N3O/c1-10-7-14(15(19)9-17)11(2)18(10)13-5-3-12(8-16)4-6-13/h3-7H,9,17H2,1-2H3. The van der Waals surface area contributed by atoms with Crippen LogP contribution in [0.1, 0.15) is 27.3 Å². The van der Waals surface area contributed by atoms with E-state index >= 15 is 0 Å². The van der Waals surface area contributed by atoms with Gasteiger partial charge in [0.25, 0.3) is 0 Å². The maximum absolute atomic E-state index is 11.8. The number of ketones is 1. The smallest absolute Gasteiger partial charge is 0.178 e. The van der Waals surface area contributed by atoms with Crippen molar-refractivity contribution in [3.05, 3.63) is 52.8 Å². The van der Waals surface area contributed by atoms with E-state index < -0.39 is 0 Å². The maximum Gasteiger partial charge on any atom is 0.178 e. The minimum Gasteiger partial charge on any atom is -0.324 e. The second-order valence-corrected chi connectivity index (χ2v) is 4.41. The quantitative estimate of drug-likeness (QED) is 0.851. The molecule has 0 aliphatic rings. The Kier molecular flexibility index (Phi) is 3.50. The second-order valence-electron chi connectivity index (χ2n) is 4.41. The summed E-state index contributed by atoms with van der Waals surface area (Å²) in [5.41, 5.74) is 9.47. The minimum atomic E-state index is -0.0620. The first-order chi connectivity index (χ1) is 9.08. The van der Waals surface area contributed by atoms with Crippen LogP contribution in [0.5, 0.6) is 0 Å². The van der Waals surface area contributed by atoms with Crippen molar-refractivity contribution in [2.75, 3.05) is 6.54 Å². The van der Waals surface area contributed by atoms with E-state index in [1.54, 1.807) is 12.1 Å². The minimum absolute atomic E-state index is 0.0116. The van der Waals surface area contributed by atoms with Crippen LogP contribution in [0.25, 0.3) is 5.69 Å². The molecule has 2 N–H and O–H groups in total. The lowest BCUT2D eigenvalue weighted by molar-refractivity contribution is 0.100. The first-order valence-corrected chi connectivity index (χ1v) is 6.01. The van der Waals surface area contributed by atoms with Crippen LogP contribution in [-0.4, -0.2) is 16.9 Å². The van der Waals surface area contributed by atoms with Crippen LogP contribution in [-0.2, 0) is 0 Å². The van der Waals surface area contributed by atoms with E-state index in [-0.39, 0.29) is 12.3 Å². The zero-order valence-corrected chi connectivity index (χ0v) is 11.0. The average molecular weight is 253 g/mol. The highest BCUT2D eigenvalue weighted by molar-refractivity contribution is 5.99. The highest BCUT2D eigenvalue weighted by Crippen LogP contribution is 2.21. The number of nitrogens with two attached hydrogens (primary N) is 1. The summed E-state index contributed by atoms with van der Waals surface area (Å²) >= 11 is 0. The summed E-state index contributed by atoms with van der Waals surface area (Å²) in [6, 6.07) is 11.2. The van der Waals surface area contributed by atoms with E-state index in [9.17, 15) is 4.79 Å². The number of benzene rings is 1. The number of rotatable bonds is 3. The number of carbonyl (C=O) groups excluding carboxylic acids is 1. The van der Waals surface area contributed by atoms with E-state index in [1.165, 1.54) is 0 Å². The van der Waals surface area contributed by atoms with Gasteiger partial charge < -0.3 is 10.3 Å². The van der Waals surface area contributed by atoms with Crippen LogP contribution >= 0.6 is 0 Å². The summed E-state index contributed by atoms with van der Waals surface area (Å²) in [5.74, 6) is -0.0620. The lowest BCUT2D eigenvalue weighted by Crippen LogP contribution is -2.14. The van der Waals surface area contributed by atoms with Gasteiger partial charge in [0.05, 0.1) is 18.2 Å². The molecule has 0 unspecified atom stereocenters. The molecular weight excluding hydrogens is 238 g/mol. The zero-order valence-electron chi connectivity index (χ0n) is 11.0. The summed E-state index contributed by atoms with van der Waals surface area (Å²) in [6.45, 7) is 3.85. The molecule has 1 aromatic heterocycles. The molecule has 0 aliphatic heterocycles. The largest absolute Gasteiger partial charge is 0.324 e. The van der Waals surface area contributed by atoms with Gasteiger partial charge >= 0.3 is 0 Å². The lowest BCUT2D eigenvalue weighted by Gasteiger charge is -2.09. The Bertz CT molecular complexity index is 660. The van der Waals surface area contributed by atoms with Gasteiger partial charge in [-0.3, -0.25) is 4.79 Å². The van der Waals surface area contributed by atoms with E-state index in [2.05, 4.69) is 6.07 Å². The Morgan fingerprint density at radius 1 is 1.32 bits per heavy atom. The third kappa shape index (κ3) is 2.28. The number of aromatic nitrogens is 1. The molecule has 0 saturated carbocycles. The molecule has 0 aliphatic carbocycles. The van der Waals surface area contributed by atoms with Crippen molar-refractivity contribution >= 4 is 5.78 Å². The van der Waals surface area contributed by atoms with Crippen molar-refractivity contribution in [3.8, 4) is 11.8 Å². The molecule has 4 heteroatoms. The second kappa shape index (κ2) is 5.09. The fourth-order valence-electron chi connectivity index (χ4n) is 2.24. The molecule has 0 saturated heterocycles. The molecule has 4 nitrogen and oxygen atoms in total. The molecule has 19 heavy (non-hydrogen) atoms. The van der Waals surface area contributed by atoms with Gasteiger partial charge in [-0.05, 0) is 44.2 Å². The van der Waals surface area contributed by atoms with Gasteiger partial charge in [-0.1, -0.05) is 0 Å². The molecule has 2 rings (SSSR count). The number of hydrogen-bond acceptors (Lipinski definition) is 3. The maximum atomic E-state index is 11.8. The van der Waals surface area contributed by atoms with Crippen molar-refractivity contribution in [2.24, 2.45) is 5.73 Å². The molecule has 0 atom stereocenters. The van der Waals surface area contributed by atoms with Gasteiger partial charge in [0, 0.05) is 22.6 Å². The Hall–Kier alpha value is -2.38. The SMILES string of the molecule is Cc1cc(C(=O)CN)c(C)n1-c1ccc(C#N)cc1. The number of hydrogen-bond donors (Lipinski definition) is 1. The first kappa shape index (κ1) is 13.1. The Morgan fingerprint density at radius 3 is 2.47 bits per heavy atom. The van der Waals surface area contributed by atoms with Crippen molar-refractivity contribution < 1.29 is 4.79 Å². The molecule has 0 spiro atoms. The summed E-state index contributed by atoms with van der Waals surface area (Å²) in [4.78, 5) is 11.8. The van der Waals surface area contributed by atoms with Gasteiger partial charge in [-0.15, -0.1) is 0 Å². The summed E-state index contributed by atoms with van der Waals surface area (Å²) < 4.78 is 1.99. The predicted octanol–water partition coefficient (Wildman–Crippen LogP) is 2.11. The third-order valence-electron chi connectivity index (χ3n) is 3.17. The van der Waals surface area contributed by atoms with Crippen LogP contribution in [0.2, 0.25) is 0 Å². The van der Waals surface area contributed by atoms with Crippen LogP contribution < -0.4 is 5.73 Å². The first-order valence-electron chi connectivity index (χ1n) is 6.01. The molecular formula is C15H15N3O. The average Bonchev–Trinajstić information content (AvgIpc) is 2.73. The highest BCUT2D eigenvalue weighted by atomic mass is 16.1. The van der Waals surface area contributed by atoms with Crippen molar-refractivity contribution in [1.29, 1.82) is 5.26 Å². The molecule has 96 valence electrons. The number of aryl methyl sites for hydroxylation is 1. The van der Waals surface area contributed by atoms with Gasteiger partial charge in [0.2, 0.25) is 0 Å². The van der Waals surface area contributed by atoms with E-state index in [1.807, 2.05) is 36.6 Å². The molecule has 0 amide bonds. The molecule has 0 radical (unpaired) electrons. The van der Waals surface area contributed by atoms with Gasteiger partial charge in [0.1, 0.15) is 0 Å². The zero-order chi connectivity index (χ0) is 14.0. The Balaban J connectivity index is 2.53. The van der Waals surface area contributed by atoms with E-state index in [0.29, 0.717) is 11.1 Å². The number of carbonyl (C=O) groups is 1. The molecule has 1 heterocycles. The summed E-state index contributed by atoms with van der Waals surface area (Å²) in [6.07, 6.45) is 0. The number of nitriles is 1. The van der Waals surface area contributed by atoms with Gasteiger partial charge in [0.15, 0.2) is 5.78 Å². The molecule has 1 aromatic carbocycles. The molecule has 2 aromatic rings. The molecule has 0 bridgehead atoms. The Morgan fingerprint density at radius 2 is 1.95 bits per heavy atom. The van der Waals surface area contributed by atoms with E-state index in [0.717, 1.165) is 17.1 Å². The topological polar surface area (TPSA) is 71.8 Å². The monoisotopic (exact) mass is 253 g/mol. The predicted molar refractivity (Wildman–Crippen MR) is 73.3 cm³/mol. The van der Waals surface area contributed by atoms with Crippen LogP contribution in [0, 0.1) is 25.2 Å². The van der Waals surface area contributed by atoms with Crippen molar-refractivity contribution in [1.82, 2.24) is 4.57 Å². The molecule has 0 fully saturated rings.